The number of aromatic nitrogens is 1. The van der Waals surface area contributed by atoms with E-state index in [0.717, 1.165) is 16.8 Å². The zero-order valence-corrected chi connectivity index (χ0v) is 18.8. The van der Waals surface area contributed by atoms with Crippen molar-refractivity contribution in [3.05, 3.63) is 93.5 Å². The molecule has 33 heavy (non-hydrogen) atoms. The Bertz CT molecular complexity index is 1340. The highest BCUT2D eigenvalue weighted by Gasteiger charge is 2.25. The summed E-state index contributed by atoms with van der Waals surface area (Å²) in [5.74, 6) is -5.18. The van der Waals surface area contributed by atoms with Gasteiger partial charge in [0.15, 0.2) is 11.6 Å². The fourth-order valence-electron chi connectivity index (χ4n) is 3.18. The minimum absolute atomic E-state index is 0.0927. The van der Waals surface area contributed by atoms with E-state index in [2.05, 4.69) is 10.3 Å². The Labute approximate surface area is 197 Å². The first-order valence-corrected chi connectivity index (χ1v) is 11.1. The Morgan fingerprint density at radius 3 is 2.64 bits per heavy atom. The standard InChI is InChI=1S/C24H17ClF2N2O3S/c1-13(14-5-3-2-4-6-14)23(30)29-24(31)21-16(26)8-10-18(22(21)27)32-12-20-28-17-9-7-15(25)11-19(17)33-20/h2-11,13H,12H2,1H3,(H,29,30,31). The highest BCUT2D eigenvalue weighted by molar-refractivity contribution is 7.18. The lowest BCUT2D eigenvalue weighted by Crippen LogP contribution is -2.35. The summed E-state index contributed by atoms with van der Waals surface area (Å²) in [6.45, 7) is 1.50. The third kappa shape index (κ3) is 5.02. The van der Waals surface area contributed by atoms with Gasteiger partial charge in [-0.1, -0.05) is 41.9 Å². The molecule has 0 aliphatic heterocycles. The van der Waals surface area contributed by atoms with Gasteiger partial charge >= 0.3 is 0 Å². The first-order valence-electron chi connectivity index (χ1n) is 9.89. The number of halogens is 3. The summed E-state index contributed by atoms with van der Waals surface area (Å²) in [5, 5.41) is 3.18. The minimum Gasteiger partial charge on any atom is -0.483 e. The smallest absolute Gasteiger partial charge is 0.263 e. The number of carbonyl (C=O) groups is 2. The Balaban J connectivity index is 1.49. The number of carbonyl (C=O) groups excluding carboxylic acids is 2. The predicted octanol–water partition coefficient (Wildman–Crippen LogP) is 5.87. The molecule has 0 bridgehead atoms. The van der Waals surface area contributed by atoms with Gasteiger partial charge in [-0.3, -0.25) is 14.9 Å². The van der Waals surface area contributed by atoms with Crippen LogP contribution in [0.15, 0.2) is 60.7 Å². The second kappa shape index (κ2) is 9.64. The van der Waals surface area contributed by atoms with Crippen molar-refractivity contribution in [1.82, 2.24) is 10.3 Å². The average molecular weight is 487 g/mol. The van der Waals surface area contributed by atoms with Gasteiger partial charge in [0.2, 0.25) is 5.91 Å². The quantitative estimate of drug-likeness (QED) is 0.370. The molecule has 1 atom stereocenters. The van der Waals surface area contributed by atoms with E-state index in [0.29, 0.717) is 21.1 Å². The number of rotatable bonds is 6. The van der Waals surface area contributed by atoms with Gasteiger partial charge in [-0.25, -0.2) is 13.8 Å². The van der Waals surface area contributed by atoms with Gasteiger partial charge in [-0.05, 0) is 42.8 Å². The lowest BCUT2D eigenvalue weighted by atomic mass is 10.0. The van der Waals surface area contributed by atoms with Gasteiger partial charge in [0.1, 0.15) is 23.0 Å². The summed E-state index contributed by atoms with van der Waals surface area (Å²) < 4.78 is 35.6. The largest absolute Gasteiger partial charge is 0.483 e. The molecule has 0 fully saturated rings. The molecule has 0 aliphatic rings. The number of hydrogen-bond donors (Lipinski definition) is 1. The van der Waals surface area contributed by atoms with Crippen LogP contribution >= 0.6 is 22.9 Å². The number of ether oxygens (including phenoxy) is 1. The molecule has 1 unspecified atom stereocenters. The average Bonchev–Trinajstić information content (AvgIpc) is 3.20. The molecular weight excluding hydrogens is 470 g/mol. The lowest BCUT2D eigenvalue weighted by molar-refractivity contribution is -0.121. The van der Waals surface area contributed by atoms with E-state index in [-0.39, 0.29) is 12.4 Å². The van der Waals surface area contributed by atoms with E-state index < -0.39 is 34.9 Å². The third-order valence-electron chi connectivity index (χ3n) is 4.96. The molecule has 2 amide bonds. The maximum absolute atomic E-state index is 14.9. The van der Waals surface area contributed by atoms with Crippen molar-refractivity contribution in [3.63, 3.8) is 0 Å². The summed E-state index contributed by atoms with van der Waals surface area (Å²) in [7, 11) is 0. The Kier molecular flexibility index (Phi) is 6.67. The molecule has 0 saturated carbocycles. The fourth-order valence-corrected chi connectivity index (χ4v) is 4.33. The molecule has 0 radical (unpaired) electrons. The summed E-state index contributed by atoms with van der Waals surface area (Å²) in [6.07, 6.45) is 0. The lowest BCUT2D eigenvalue weighted by Gasteiger charge is -2.13. The van der Waals surface area contributed by atoms with Gasteiger partial charge < -0.3 is 4.74 Å². The van der Waals surface area contributed by atoms with E-state index in [9.17, 15) is 18.4 Å². The van der Waals surface area contributed by atoms with Crippen LogP contribution in [0.25, 0.3) is 10.2 Å². The maximum atomic E-state index is 14.9. The number of imide groups is 1. The highest BCUT2D eigenvalue weighted by Crippen LogP contribution is 2.28. The van der Waals surface area contributed by atoms with Gasteiger partial charge in [0, 0.05) is 5.02 Å². The fraction of sp³-hybridized carbons (Fsp3) is 0.125. The SMILES string of the molecule is CC(C(=O)NC(=O)c1c(F)ccc(OCc2nc3ccc(Cl)cc3s2)c1F)c1ccccc1. The van der Waals surface area contributed by atoms with Crippen molar-refractivity contribution >= 4 is 45.0 Å². The number of hydrogen-bond acceptors (Lipinski definition) is 5. The Morgan fingerprint density at radius 1 is 1.12 bits per heavy atom. The maximum Gasteiger partial charge on any atom is 0.263 e. The zero-order valence-electron chi connectivity index (χ0n) is 17.3. The second-order valence-electron chi connectivity index (χ2n) is 7.19. The minimum atomic E-state index is -1.20. The van der Waals surface area contributed by atoms with Gasteiger partial charge in [0.05, 0.1) is 16.1 Å². The van der Waals surface area contributed by atoms with Crippen LogP contribution in [0.1, 0.15) is 33.8 Å². The molecule has 168 valence electrons. The Morgan fingerprint density at radius 2 is 1.88 bits per heavy atom. The molecule has 0 saturated heterocycles. The van der Waals surface area contributed by atoms with E-state index in [1.165, 1.54) is 11.3 Å². The van der Waals surface area contributed by atoms with Crippen LogP contribution in [-0.4, -0.2) is 16.8 Å². The van der Waals surface area contributed by atoms with Crippen LogP contribution in [0.5, 0.6) is 5.75 Å². The van der Waals surface area contributed by atoms with Gasteiger partial charge in [-0.15, -0.1) is 11.3 Å². The topological polar surface area (TPSA) is 68.3 Å². The number of benzene rings is 3. The molecule has 0 spiro atoms. The number of fused-ring (bicyclic) bond motifs is 1. The van der Waals surface area contributed by atoms with Crippen molar-refractivity contribution in [1.29, 1.82) is 0 Å². The van der Waals surface area contributed by atoms with Crippen molar-refractivity contribution in [2.75, 3.05) is 0 Å². The first-order chi connectivity index (χ1) is 15.8. The molecule has 5 nitrogen and oxygen atoms in total. The number of thiazole rings is 1. The van der Waals surface area contributed by atoms with Crippen LogP contribution in [0.4, 0.5) is 8.78 Å². The van der Waals surface area contributed by atoms with Crippen molar-refractivity contribution in [2.24, 2.45) is 0 Å². The van der Waals surface area contributed by atoms with Crippen LogP contribution in [-0.2, 0) is 11.4 Å². The van der Waals surface area contributed by atoms with E-state index in [1.807, 2.05) is 0 Å². The zero-order chi connectivity index (χ0) is 23.5. The molecule has 4 rings (SSSR count). The molecule has 4 aromatic rings. The summed E-state index contributed by atoms with van der Waals surface area (Å²) in [5.41, 5.74) is 0.490. The molecule has 3 aromatic carbocycles. The van der Waals surface area contributed by atoms with Crippen LogP contribution < -0.4 is 10.1 Å². The number of nitrogens with one attached hydrogen (secondary N) is 1. The van der Waals surface area contributed by atoms with Crippen molar-refractivity contribution < 1.29 is 23.1 Å². The van der Waals surface area contributed by atoms with Crippen molar-refractivity contribution in [2.45, 2.75) is 19.4 Å². The molecule has 1 N–H and O–H groups in total. The van der Waals surface area contributed by atoms with Gasteiger partial charge in [-0.2, -0.15) is 0 Å². The highest BCUT2D eigenvalue weighted by atomic mass is 35.5. The second-order valence-corrected chi connectivity index (χ2v) is 8.75. The van der Waals surface area contributed by atoms with E-state index in [4.69, 9.17) is 16.3 Å². The van der Waals surface area contributed by atoms with E-state index in [1.54, 1.807) is 55.5 Å². The monoisotopic (exact) mass is 486 g/mol. The predicted molar refractivity (Wildman–Crippen MR) is 123 cm³/mol. The molecule has 1 heterocycles. The summed E-state index contributed by atoms with van der Waals surface area (Å²) >= 11 is 7.29. The van der Waals surface area contributed by atoms with Crippen molar-refractivity contribution in [3.8, 4) is 5.75 Å². The first kappa shape index (κ1) is 22.8. The van der Waals surface area contributed by atoms with Crippen LogP contribution in [0.2, 0.25) is 5.02 Å². The summed E-state index contributed by atoms with van der Waals surface area (Å²) in [6, 6.07) is 16.0. The van der Waals surface area contributed by atoms with Crippen LogP contribution in [0, 0.1) is 11.6 Å². The molecule has 1 aromatic heterocycles. The van der Waals surface area contributed by atoms with Crippen LogP contribution in [0.3, 0.4) is 0 Å². The Hall–Kier alpha value is -3.36. The number of amides is 2. The van der Waals surface area contributed by atoms with Gasteiger partial charge in [0.25, 0.3) is 5.91 Å². The molecule has 9 heteroatoms. The molecular formula is C24H17ClF2N2O3S. The molecule has 0 aliphatic carbocycles. The third-order valence-corrected chi connectivity index (χ3v) is 6.19. The van der Waals surface area contributed by atoms with E-state index >= 15 is 0 Å². The normalized spacial score (nSPS) is 11.9. The summed E-state index contributed by atoms with van der Waals surface area (Å²) in [4.78, 5) is 29.3. The number of nitrogens with zero attached hydrogens (tertiary/aromatic N) is 1.